The lowest BCUT2D eigenvalue weighted by molar-refractivity contribution is 1.22. The second-order valence-corrected chi connectivity index (χ2v) is 7.09. The van der Waals surface area contributed by atoms with Crippen LogP contribution in [0.5, 0.6) is 0 Å². The average Bonchev–Trinajstić information content (AvgIpc) is 3.14. The molecule has 0 bridgehead atoms. The van der Waals surface area contributed by atoms with Crippen molar-refractivity contribution in [2.24, 2.45) is 0 Å². The van der Waals surface area contributed by atoms with Gasteiger partial charge in [-0.05, 0) is 42.5 Å². The zero-order chi connectivity index (χ0) is 19.1. The van der Waals surface area contributed by atoms with Crippen molar-refractivity contribution >= 4 is 56.6 Å². The molecule has 0 aliphatic carbocycles. The molecule has 0 aliphatic heterocycles. The van der Waals surface area contributed by atoms with Crippen molar-refractivity contribution in [3.63, 3.8) is 0 Å². The molecule has 0 amide bonds. The van der Waals surface area contributed by atoms with Crippen LogP contribution in [-0.4, -0.2) is 19.9 Å². The lowest BCUT2D eigenvalue weighted by Gasteiger charge is -2.10. The van der Waals surface area contributed by atoms with Gasteiger partial charge in [0.05, 0.1) is 26.6 Å². The summed E-state index contributed by atoms with van der Waals surface area (Å²) in [6.45, 7) is 0. The third-order valence-corrected chi connectivity index (χ3v) is 5.12. The van der Waals surface area contributed by atoms with Gasteiger partial charge in [0.15, 0.2) is 0 Å². The van der Waals surface area contributed by atoms with Crippen molar-refractivity contribution in [2.75, 3.05) is 5.32 Å². The summed E-state index contributed by atoms with van der Waals surface area (Å²) < 4.78 is 0. The molecule has 0 unspecified atom stereocenters. The van der Waals surface area contributed by atoms with E-state index >= 15 is 0 Å². The van der Waals surface area contributed by atoms with Crippen LogP contribution in [0.3, 0.4) is 0 Å². The Morgan fingerprint density at radius 2 is 1.75 bits per heavy atom. The summed E-state index contributed by atoms with van der Waals surface area (Å²) in [4.78, 5) is 16.6. The first kappa shape index (κ1) is 17.0. The van der Waals surface area contributed by atoms with Crippen LogP contribution >= 0.6 is 23.2 Å². The Bertz CT molecular complexity index is 1300. The van der Waals surface area contributed by atoms with E-state index in [0.29, 0.717) is 27.2 Å². The summed E-state index contributed by atoms with van der Waals surface area (Å²) in [5.74, 6) is 1.39. The van der Waals surface area contributed by atoms with Gasteiger partial charge < -0.3 is 10.3 Å². The highest BCUT2D eigenvalue weighted by Crippen LogP contribution is 2.32. The number of nitrogens with one attached hydrogen (secondary N) is 2. The van der Waals surface area contributed by atoms with Crippen molar-refractivity contribution in [3.05, 3.63) is 77.0 Å². The molecule has 3 aromatic carbocycles. The summed E-state index contributed by atoms with van der Waals surface area (Å²) in [6, 6.07) is 19.2. The molecule has 0 spiro atoms. The fourth-order valence-electron chi connectivity index (χ4n) is 3.15. The fraction of sp³-hybridized carbons (Fsp3) is 0. The number of imidazole rings is 1. The first-order chi connectivity index (χ1) is 13.7. The van der Waals surface area contributed by atoms with E-state index in [9.17, 15) is 0 Å². The van der Waals surface area contributed by atoms with Gasteiger partial charge in [0.2, 0.25) is 0 Å². The smallest absolute Gasteiger partial charge is 0.141 e. The molecule has 136 valence electrons. The topological polar surface area (TPSA) is 66.5 Å². The van der Waals surface area contributed by atoms with Gasteiger partial charge in [-0.3, -0.25) is 0 Å². The second kappa shape index (κ2) is 6.78. The summed E-state index contributed by atoms with van der Waals surface area (Å²) in [7, 11) is 0. The second-order valence-electron chi connectivity index (χ2n) is 6.28. The first-order valence-electron chi connectivity index (χ1n) is 8.60. The van der Waals surface area contributed by atoms with Gasteiger partial charge in [0, 0.05) is 16.6 Å². The van der Waals surface area contributed by atoms with Crippen molar-refractivity contribution in [1.82, 2.24) is 19.9 Å². The number of fused-ring (bicyclic) bond motifs is 2. The fourth-order valence-corrected chi connectivity index (χ4v) is 3.58. The Morgan fingerprint density at radius 1 is 0.857 bits per heavy atom. The molecule has 28 heavy (non-hydrogen) atoms. The number of aromatic amines is 1. The van der Waals surface area contributed by atoms with Crippen LogP contribution < -0.4 is 5.32 Å². The maximum absolute atomic E-state index is 6.45. The minimum absolute atomic E-state index is 0.585. The third-order valence-electron chi connectivity index (χ3n) is 4.49. The van der Waals surface area contributed by atoms with E-state index < -0.39 is 0 Å². The van der Waals surface area contributed by atoms with E-state index in [1.807, 2.05) is 60.7 Å². The summed E-state index contributed by atoms with van der Waals surface area (Å²) in [5.41, 5.74) is 4.19. The molecule has 0 radical (unpaired) electrons. The molecule has 0 aliphatic rings. The number of nitrogens with zero attached hydrogens (tertiary/aromatic N) is 3. The van der Waals surface area contributed by atoms with Gasteiger partial charge in [-0.1, -0.05) is 41.4 Å². The molecule has 0 saturated heterocycles. The average molecular weight is 406 g/mol. The number of hydrogen-bond acceptors (Lipinski definition) is 4. The SMILES string of the molecule is Clc1ccc(Nc2ncnc3c(Cl)cccc23)cc1-c1nc2ccccc2[nH]1. The van der Waals surface area contributed by atoms with Crippen LogP contribution in [0.2, 0.25) is 10.0 Å². The van der Waals surface area contributed by atoms with Crippen LogP contribution in [0.15, 0.2) is 67.0 Å². The predicted molar refractivity (Wildman–Crippen MR) is 114 cm³/mol. The number of rotatable bonds is 3. The molecule has 5 nitrogen and oxygen atoms in total. The lowest BCUT2D eigenvalue weighted by Crippen LogP contribution is -1.97. The minimum Gasteiger partial charge on any atom is -0.340 e. The number of anilines is 2. The van der Waals surface area contributed by atoms with Crippen LogP contribution in [0, 0.1) is 0 Å². The quantitative estimate of drug-likeness (QED) is 0.373. The Hall–Kier alpha value is -3.15. The number of benzene rings is 3. The summed E-state index contributed by atoms with van der Waals surface area (Å²) >= 11 is 12.7. The Labute approximate surface area is 170 Å². The third kappa shape index (κ3) is 2.95. The van der Waals surface area contributed by atoms with E-state index in [4.69, 9.17) is 23.2 Å². The van der Waals surface area contributed by atoms with Crippen molar-refractivity contribution in [1.29, 1.82) is 0 Å². The highest BCUT2D eigenvalue weighted by Gasteiger charge is 2.12. The molecule has 5 aromatic rings. The first-order valence-corrected chi connectivity index (χ1v) is 9.35. The predicted octanol–water partition coefficient (Wildman–Crippen LogP) is 6.22. The van der Waals surface area contributed by atoms with E-state index in [0.717, 1.165) is 27.7 Å². The van der Waals surface area contributed by atoms with E-state index in [1.165, 1.54) is 6.33 Å². The highest BCUT2D eigenvalue weighted by atomic mass is 35.5. The monoisotopic (exact) mass is 405 g/mol. The molecular weight excluding hydrogens is 393 g/mol. The van der Waals surface area contributed by atoms with E-state index in [2.05, 4.69) is 25.3 Å². The summed E-state index contributed by atoms with van der Waals surface area (Å²) in [5, 5.41) is 5.37. The molecule has 2 heterocycles. The molecule has 5 rings (SSSR count). The molecule has 0 saturated carbocycles. The van der Waals surface area contributed by atoms with Gasteiger partial charge in [0.25, 0.3) is 0 Å². The van der Waals surface area contributed by atoms with Crippen molar-refractivity contribution in [3.8, 4) is 11.4 Å². The normalized spacial score (nSPS) is 11.2. The van der Waals surface area contributed by atoms with Crippen LogP contribution in [-0.2, 0) is 0 Å². The van der Waals surface area contributed by atoms with Gasteiger partial charge in [-0.2, -0.15) is 0 Å². The zero-order valence-corrected chi connectivity index (χ0v) is 16.0. The number of H-pyrrole nitrogens is 1. The number of hydrogen-bond donors (Lipinski definition) is 2. The number of aromatic nitrogens is 4. The molecular formula is C21H13Cl2N5. The van der Waals surface area contributed by atoms with Gasteiger partial charge >= 0.3 is 0 Å². The molecule has 0 fully saturated rings. The van der Waals surface area contributed by atoms with Crippen LogP contribution in [0.25, 0.3) is 33.3 Å². The van der Waals surface area contributed by atoms with E-state index in [-0.39, 0.29) is 0 Å². The number of para-hydroxylation sites is 3. The molecule has 0 atom stereocenters. The van der Waals surface area contributed by atoms with Crippen LogP contribution in [0.1, 0.15) is 0 Å². The standard InChI is InChI=1S/C21H13Cl2N5/c22-15-9-8-12(10-14(15)21-27-17-6-1-2-7-18(17)28-21)26-20-13-4-3-5-16(23)19(13)24-11-25-20/h1-11H,(H,27,28)(H,24,25,26). The van der Waals surface area contributed by atoms with Gasteiger partial charge in [-0.25, -0.2) is 15.0 Å². The van der Waals surface area contributed by atoms with Gasteiger partial charge in [-0.15, -0.1) is 0 Å². The molecule has 2 N–H and O–H groups in total. The highest BCUT2D eigenvalue weighted by molar-refractivity contribution is 6.35. The largest absolute Gasteiger partial charge is 0.340 e. The number of halogens is 2. The maximum atomic E-state index is 6.45. The minimum atomic E-state index is 0.585. The Kier molecular flexibility index (Phi) is 4.11. The lowest BCUT2D eigenvalue weighted by atomic mass is 10.1. The molecule has 2 aromatic heterocycles. The summed E-state index contributed by atoms with van der Waals surface area (Å²) in [6.07, 6.45) is 1.49. The van der Waals surface area contributed by atoms with Crippen molar-refractivity contribution < 1.29 is 0 Å². The Balaban J connectivity index is 1.57. The zero-order valence-electron chi connectivity index (χ0n) is 14.4. The van der Waals surface area contributed by atoms with Gasteiger partial charge in [0.1, 0.15) is 18.0 Å². The van der Waals surface area contributed by atoms with E-state index in [1.54, 1.807) is 0 Å². The molecule has 7 heteroatoms. The van der Waals surface area contributed by atoms with Crippen molar-refractivity contribution in [2.45, 2.75) is 0 Å². The van der Waals surface area contributed by atoms with Crippen LogP contribution in [0.4, 0.5) is 11.5 Å². The maximum Gasteiger partial charge on any atom is 0.141 e. The Morgan fingerprint density at radius 3 is 2.64 bits per heavy atom.